The van der Waals surface area contributed by atoms with E-state index in [1.165, 1.54) is 0 Å². The van der Waals surface area contributed by atoms with Gasteiger partial charge in [-0.05, 0) is 29.5 Å². The van der Waals surface area contributed by atoms with Crippen LogP contribution in [0.2, 0.25) is 0 Å². The Labute approximate surface area is 110 Å². The summed E-state index contributed by atoms with van der Waals surface area (Å²) < 4.78 is 43.4. The third-order valence-electron chi connectivity index (χ3n) is 1.89. The number of ether oxygens (including phenoxy) is 1. The maximum Gasteiger partial charge on any atom is 0.311 e. The first kappa shape index (κ1) is 14.2. The lowest BCUT2D eigenvalue weighted by Gasteiger charge is -2.09. The zero-order chi connectivity index (χ0) is 13.0. The van der Waals surface area contributed by atoms with Crippen LogP contribution in [0.25, 0.3) is 0 Å². The van der Waals surface area contributed by atoms with Gasteiger partial charge in [-0.3, -0.25) is 4.79 Å². The fourth-order valence-electron chi connectivity index (χ4n) is 1.26. The smallest absolute Gasteiger partial charge is 0.311 e. The second kappa shape index (κ2) is 6.18. The first-order valence-corrected chi connectivity index (χ1v) is 5.82. The van der Waals surface area contributed by atoms with E-state index in [0.29, 0.717) is 0 Å². The van der Waals surface area contributed by atoms with Crippen molar-refractivity contribution in [3.05, 3.63) is 26.8 Å². The van der Waals surface area contributed by atoms with Crippen LogP contribution in [-0.2, 0) is 16.0 Å². The molecule has 7 heteroatoms. The molecule has 0 fully saturated rings. The van der Waals surface area contributed by atoms with Gasteiger partial charge < -0.3 is 4.74 Å². The molecule has 0 bridgehead atoms. The van der Waals surface area contributed by atoms with Crippen LogP contribution in [0.5, 0.6) is 0 Å². The summed E-state index contributed by atoms with van der Waals surface area (Å²) in [5, 5.41) is 0. The number of hydrogen-bond donors (Lipinski definition) is 0. The molecule has 17 heavy (non-hydrogen) atoms. The van der Waals surface area contributed by atoms with Gasteiger partial charge in [-0.15, -0.1) is 0 Å². The van der Waals surface area contributed by atoms with Gasteiger partial charge in [-0.25, -0.2) is 18.2 Å². The molecule has 0 atom stereocenters. The highest BCUT2D eigenvalue weighted by atomic mass is 127. The molecule has 1 aromatic heterocycles. The van der Waals surface area contributed by atoms with Gasteiger partial charge >= 0.3 is 5.97 Å². The highest BCUT2D eigenvalue weighted by molar-refractivity contribution is 14.1. The molecular weight excluding hydrogens is 350 g/mol. The highest BCUT2D eigenvalue weighted by Crippen LogP contribution is 2.26. The molecule has 0 spiro atoms. The molecule has 0 radical (unpaired) electrons. The van der Waals surface area contributed by atoms with Gasteiger partial charge in [0.05, 0.1) is 24.3 Å². The van der Waals surface area contributed by atoms with Crippen molar-refractivity contribution >= 4 is 28.6 Å². The third-order valence-corrected chi connectivity index (χ3v) is 2.44. The van der Waals surface area contributed by atoms with Gasteiger partial charge in [0.1, 0.15) is 9.52 Å². The van der Waals surface area contributed by atoms with Crippen LogP contribution < -0.4 is 0 Å². The zero-order valence-corrected chi connectivity index (χ0v) is 11.0. The molecule has 1 aromatic rings. The molecule has 0 amide bonds. The van der Waals surface area contributed by atoms with Crippen molar-refractivity contribution in [2.45, 2.75) is 19.8 Å². The number of carbonyl (C=O) groups is 1. The Kier molecular flexibility index (Phi) is 5.16. The van der Waals surface area contributed by atoms with Crippen molar-refractivity contribution in [1.82, 2.24) is 4.98 Å². The third kappa shape index (κ3) is 3.83. The summed E-state index contributed by atoms with van der Waals surface area (Å²) >= 11 is 1.69. The number of halogens is 4. The van der Waals surface area contributed by atoms with Crippen molar-refractivity contribution in [1.29, 1.82) is 0 Å². The first-order valence-electron chi connectivity index (χ1n) is 4.74. The fourth-order valence-corrected chi connectivity index (χ4v) is 1.82. The molecule has 0 aromatic carbocycles. The van der Waals surface area contributed by atoms with Crippen molar-refractivity contribution in [2.24, 2.45) is 0 Å². The first-order chi connectivity index (χ1) is 7.95. The molecule has 0 N–H and O–H groups in total. The van der Waals surface area contributed by atoms with E-state index >= 15 is 0 Å². The minimum Gasteiger partial charge on any atom is -0.466 e. The maximum atomic E-state index is 13.3. The largest absolute Gasteiger partial charge is 0.466 e. The lowest BCUT2D eigenvalue weighted by Crippen LogP contribution is -2.13. The average molecular weight is 359 g/mol. The summed E-state index contributed by atoms with van der Waals surface area (Å²) in [5.41, 5.74) is -1.11. The molecule has 3 nitrogen and oxygen atoms in total. The van der Waals surface area contributed by atoms with Crippen LogP contribution in [0, 0.1) is 9.52 Å². The van der Waals surface area contributed by atoms with Crippen molar-refractivity contribution in [3.8, 4) is 0 Å². The minimum atomic E-state index is -3.01. The quantitative estimate of drug-likeness (QED) is 0.472. The van der Waals surface area contributed by atoms with Crippen LogP contribution >= 0.6 is 22.6 Å². The Morgan fingerprint density at radius 3 is 2.76 bits per heavy atom. The van der Waals surface area contributed by atoms with E-state index in [0.717, 1.165) is 6.07 Å². The van der Waals surface area contributed by atoms with E-state index in [9.17, 15) is 18.0 Å². The number of alkyl halides is 2. The van der Waals surface area contributed by atoms with Gasteiger partial charge in [0.2, 0.25) is 0 Å². The van der Waals surface area contributed by atoms with Gasteiger partial charge in [-0.1, -0.05) is 0 Å². The van der Waals surface area contributed by atoms with E-state index in [1.54, 1.807) is 29.5 Å². The molecule has 0 aliphatic rings. The number of carbonyl (C=O) groups excluding carboxylic acids is 1. The van der Waals surface area contributed by atoms with Crippen LogP contribution in [0.4, 0.5) is 13.2 Å². The Bertz CT molecular complexity index is 426. The standard InChI is InChI=1S/C10H9F3INO2/c1-2-17-8(16)4-6-9(10(12)13)5(11)3-7(14)15-6/h3,10H,2,4H2,1H3. The molecule has 94 valence electrons. The topological polar surface area (TPSA) is 39.2 Å². The highest BCUT2D eigenvalue weighted by Gasteiger charge is 2.22. The monoisotopic (exact) mass is 359 g/mol. The Morgan fingerprint density at radius 2 is 2.24 bits per heavy atom. The predicted molar refractivity (Wildman–Crippen MR) is 62.2 cm³/mol. The zero-order valence-electron chi connectivity index (χ0n) is 8.84. The Morgan fingerprint density at radius 1 is 1.59 bits per heavy atom. The maximum absolute atomic E-state index is 13.3. The lowest BCUT2D eigenvalue weighted by atomic mass is 10.1. The van der Waals surface area contributed by atoms with E-state index < -0.39 is 30.2 Å². The molecule has 0 aliphatic heterocycles. The molecule has 0 unspecified atom stereocenters. The Hall–Kier alpha value is -0.860. The fraction of sp³-hybridized carbons (Fsp3) is 0.400. The van der Waals surface area contributed by atoms with Gasteiger partial charge in [0, 0.05) is 6.07 Å². The number of hydrogen-bond acceptors (Lipinski definition) is 3. The minimum absolute atomic E-state index is 0.134. The van der Waals surface area contributed by atoms with Crippen molar-refractivity contribution in [3.63, 3.8) is 0 Å². The van der Waals surface area contributed by atoms with E-state index in [4.69, 9.17) is 0 Å². The van der Waals surface area contributed by atoms with Crippen molar-refractivity contribution in [2.75, 3.05) is 6.61 Å². The van der Waals surface area contributed by atoms with E-state index in [2.05, 4.69) is 9.72 Å². The summed E-state index contributed by atoms with van der Waals surface area (Å²) in [6, 6.07) is 0.900. The molecule has 1 heterocycles. The second-order valence-electron chi connectivity index (χ2n) is 3.07. The van der Waals surface area contributed by atoms with E-state index in [1.807, 2.05) is 0 Å². The molecular formula is C10H9F3INO2. The summed E-state index contributed by atoms with van der Waals surface area (Å²) in [6.07, 6.45) is -3.47. The molecule has 0 saturated carbocycles. The number of esters is 1. The number of rotatable bonds is 4. The molecule has 0 aliphatic carbocycles. The van der Waals surface area contributed by atoms with Gasteiger partial charge in [0.25, 0.3) is 6.43 Å². The summed E-state index contributed by atoms with van der Waals surface area (Å²) in [5.74, 6) is -1.76. The van der Waals surface area contributed by atoms with Crippen LogP contribution in [0.15, 0.2) is 6.07 Å². The van der Waals surface area contributed by atoms with Crippen LogP contribution in [0.3, 0.4) is 0 Å². The summed E-state index contributed by atoms with van der Waals surface area (Å²) in [7, 11) is 0. The SMILES string of the molecule is CCOC(=O)Cc1nc(I)cc(F)c1C(F)F. The molecule has 1 rings (SSSR count). The second-order valence-corrected chi connectivity index (χ2v) is 4.17. The normalized spacial score (nSPS) is 10.7. The van der Waals surface area contributed by atoms with E-state index in [-0.39, 0.29) is 16.0 Å². The van der Waals surface area contributed by atoms with Crippen LogP contribution in [-0.4, -0.2) is 17.6 Å². The Balaban J connectivity index is 3.08. The number of pyridine rings is 1. The van der Waals surface area contributed by atoms with Gasteiger partial charge in [-0.2, -0.15) is 0 Å². The van der Waals surface area contributed by atoms with Crippen LogP contribution in [0.1, 0.15) is 24.6 Å². The summed E-state index contributed by atoms with van der Waals surface area (Å²) in [6.45, 7) is 1.73. The van der Waals surface area contributed by atoms with Gasteiger partial charge in [0.15, 0.2) is 0 Å². The number of nitrogens with zero attached hydrogens (tertiary/aromatic N) is 1. The lowest BCUT2D eigenvalue weighted by molar-refractivity contribution is -0.142. The summed E-state index contributed by atoms with van der Waals surface area (Å²) in [4.78, 5) is 14.9. The predicted octanol–water partition coefficient (Wildman–Crippen LogP) is 2.87. The van der Waals surface area contributed by atoms with Crippen molar-refractivity contribution < 1.29 is 22.7 Å². The number of aromatic nitrogens is 1. The average Bonchev–Trinajstić information content (AvgIpc) is 2.15. The molecule has 0 saturated heterocycles.